The maximum atomic E-state index is 12.6. The van der Waals surface area contributed by atoms with Crippen molar-refractivity contribution in [2.45, 2.75) is 31.8 Å². The molecule has 1 fully saturated rings. The summed E-state index contributed by atoms with van der Waals surface area (Å²) in [5.41, 5.74) is 4.04. The average Bonchev–Trinajstić information content (AvgIpc) is 2.82. The molecule has 2 aromatic rings. The Labute approximate surface area is 140 Å². The zero-order chi connectivity index (χ0) is 16.5. The number of nitrogens with zero attached hydrogens (tertiary/aromatic N) is 4. The Kier molecular flexibility index (Phi) is 3.98. The highest BCUT2D eigenvalue weighted by Crippen LogP contribution is 2.30. The number of carbonyl (C=O) groups is 1. The van der Waals surface area contributed by atoms with E-state index in [-0.39, 0.29) is 17.9 Å². The molecule has 3 heterocycles. The smallest absolute Gasteiger partial charge is 0.225 e. The highest BCUT2D eigenvalue weighted by molar-refractivity contribution is 5.80. The number of hydrogen-bond acceptors (Lipinski definition) is 5. The molecule has 2 aliphatic rings. The summed E-state index contributed by atoms with van der Waals surface area (Å²) in [7, 11) is 0. The number of pyridine rings is 1. The van der Waals surface area contributed by atoms with Crippen LogP contribution in [0.3, 0.4) is 0 Å². The van der Waals surface area contributed by atoms with Crippen LogP contribution in [-0.4, -0.2) is 50.1 Å². The fourth-order valence-corrected chi connectivity index (χ4v) is 3.55. The molecule has 1 N–H and O–H groups in total. The Morgan fingerprint density at radius 2 is 2.04 bits per heavy atom. The first-order valence-corrected chi connectivity index (χ1v) is 8.42. The molecule has 2 aromatic heterocycles. The second-order valence-electron chi connectivity index (χ2n) is 6.54. The molecule has 0 atom stereocenters. The Morgan fingerprint density at radius 1 is 1.21 bits per heavy atom. The van der Waals surface area contributed by atoms with Crippen molar-refractivity contribution in [2.75, 3.05) is 13.1 Å². The number of aliphatic hydroxyl groups is 1. The van der Waals surface area contributed by atoms with Crippen LogP contribution < -0.4 is 0 Å². The highest BCUT2D eigenvalue weighted by atomic mass is 16.3. The van der Waals surface area contributed by atoms with Crippen molar-refractivity contribution < 1.29 is 9.90 Å². The molecule has 6 heteroatoms. The normalized spacial score (nSPS) is 23.1. The van der Waals surface area contributed by atoms with E-state index in [9.17, 15) is 9.90 Å². The summed E-state index contributed by atoms with van der Waals surface area (Å²) in [5.74, 6) is 0.161. The Hall–Kier alpha value is -2.34. The quantitative estimate of drug-likeness (QED) is 0.899. The van der Waals surface area contributed by atoms with Crippen LogP contribution in [0.15, 0.2) is 30.9 Å². The third-order valence-electron chi connectivity index (χ3n) is 4.99. The monoisotopic (exact) mass is 324 g/mol. The molecule has 0 saturated heterocycles. The summed E-state index contributed by atoms with van der Waals surface area (Å²) in [4.78, 5) is 27.6. The van der Waals surface area contributed by atoms with Gasteiger partial charge in [0.2, 0.25) is 5.91 Å². The molecule has 0 radical (unpaired) electrons. The largest absolute Gasteiger partial charge is 0.393 e. The number of carbonyl (C=O) groups excluding carboxylic acids is 1. The SMILES string of the molecule is O=C(C1CC(O)C1)N1CCc2ncnc(-c3cccnc3)c2CC1. The van der Waals surface area contributed by atoms with Gasteiger partial charge in [0.1, 0.15) is 6.33 Å². The van der Waals surface area contributed by atoms with E-state index in [1.54, 1.807) is 12.5 Å². The molecule has 0 bridgehead atoms. The third-order valence-corrected chi connectivity index (χ3v) is 4.99. The van der Waals surface area contributed by atoms with Gasteiger partial charge in [-0.05, 0) is 31.4 Å². The van der Waals surface area contributed by atoms with Gasteiger partial charge in [0, 0.05) is 54.6 Å². The third kappa shape index (κ3) is 2.78. The molecule has 24 heavy (non-hydrogen) atoms. The zero-order valence-corrected chi connectivity index (χ0v) is 13.4. The van der Waals surface area contributed by atoms with Crippen LogP contribution in [0.5, 0.6) is 0 Å². The summed E-state index contributed by atoms with van der Waals surface area (Å²) in [5, 5.41) is 9.43. The molecule has 1 aliphatic carbocycles. The first-order chi connectivity index (χ1) is 11.7. The standard InChI is InChI=1S/C18H20N4O2/c23-14-8-13(9-14)18(24)22-6-3-15-16(4-7-22)20-11-21-17(15)12-2-1-5-19-10-12/h1-2,5,10-11,13-14,23H,3-4,6-9H2. The summed E-state index contributed by atoms with van der Waals surface area (Å²) < 4.78 is 0. The lowest BCUT2D eigenvalue weighted by molar-refractivity contribution is -0.142. The second kappa shape index (κ2) is 6.28. The Balaban J connectivity index is 1.56. The lowest BCUT2D eigenvalue weighted by Crippen LogP contribution is -2.44. The molecule has 4 rings (SSSR count). The Bertz CT molecular complexity index is 744. The molecule has 1 aliphatic heterocycles. The van der Waals surface area contributed by atoms with E-state index < -0.39 is 0 Å². The maximum absolute atomic E-state index is 12.6. The van der Waals surface area contributed by atoms with E-state index in [1.165, 1.54) is 0 Å². The lowest BCUT2D eigenvalue weighted by atomic mass is 9.81. The van der Waals surface area contributed by atoms with Gasteiger partial charge >= 0.3 is 0 Å². The van der Waals surface area contributed by atoms with E-state index in [0.717, 1.165) is 35.4 Å². The maximum Gasteiger partial charge on any atom is 0.225 e. The molecule has 6 nitrogen and oxygen atoms in total. The van der Waals surface area contributed by atoms with Crippen LogP contribution in [0, 0.1) is 5.92 Å². The number of aliphatic hydroxyl groups excluding tert-OH is 1. The van der Waals surface area contributed by atoms with Gasteiger partial charge in [-0.1, -0.05) is 0 Å². The zero-order valence-electron chi connectivity index (χ0n) is 13.4. The van der Waals surface area contributed by atoms with Crippen LogP contribution in [0.2, 0.25) is 0 Å². The summed E-state index contributed by atoms with van der Waals surface area (Å²) in [6.45, 7) is 1.36. The minimum Gasteiger partial charge on any atom is -0.393 e. The molecule has 0 aromatic carbocycles. The van der Waals surface area contributed by atoms with Gasteiger partial charge in [-0.2, -0.15) is 0 Å². The molecule has 0 spiro atoms. The van der Waals surface area contributed by atoms with Gasteiger partial charge in [-0.15, -0.1) is 0 Å². The topological polar surface area (TPSA) is 79.2 Å². The van der Waals surface area contributed by atoms with Crippen molar-refractivity contribution in [1.29, 1.82) is 0 Å². The minimum absolute atomic E-state index is 0.00918. The number of aromatic nitrogens is 3. The Morgan fingerprint density at radius 3 is 2.79 bits per heavy atom. The van der Waals surface area contributed by atoms with Gasteiger partial charge in [0.05, 0.1) is 11.8 Å². The van der Waals surface area contributed by atoms with Gasteiger partial charge in [-0.3, -0.25) is 9.78 Å². The fourth-order valence-electron chi connectivity index (χ4n) is 3.55. The van der Waals surface area contributed by atoms with Crippen molar-refractivity contribution in [3.05, 3.63) is 42.1 Å². The molecule has 124 valence electrons. The molecular formula is C18H20N4O2. The number of hydrogen-bond donors (Lipinski definition) is 1. The molecule has 0 unspecified atom stereocenters. The van der Waals surface area contributed by atoms with Gasteiger partial charge in [0.25, 0.3) is 0 Å². The summed E-state index contributed by atoms with van der Waals surface area (Å²) >= 11 is 0. The van der Waals surface area contributed by atoms with E-state index in [1.807, 2.05) is 23.2 Å². The number of rotatable bonds is 2. The molecule has 1 amide bonds. The molecule has 1 saturated carbocycles. The summed E-state index contributed by atoms with van der Waals surface area (Å²) in [6.07, 6.45) is 7.55. The number of amides is 1. The molecular weight excluding hydrogens is 304 g/mol. The number of fused-ring (bicyclic) bond motifs is 1. The summed E-state index contributed by atoms with van der Waals surface area (Å²) in [6, 6.07) is 3.90. The van der Waals surface area contributed by atoms with Gasteiger partial charge in [-0.25, -0.2) is 9.97 Å². The van der Waals surface area contributed by atoms with Gasteiger partial charge in [0.15, 0.2) is 0 Å². The van der Waals surface area contributed by atoms with Crippen LogP contribution in [0.4, 0.5) is 0 Å². The van der Waals surface area contributed by atoms with Crippen LogP contribution in [0.25, 0.3) is 11.3 Å². The predicted octanol–water partition coefficient (Wildman–Crippen LogP) is 1.24. The first kappa shape index (κ1) is 15.2. The van der Waals surface area contributed by atoms with Crippen LogP contribution in [-0.2, 0) is 17.6 Å². The van der Waals surface area contributed by atoms with Gasteiger partial charge < -0.3 is 10.0 Å². The second-order valence-corrected chi connectivity index (χ2v) is 6.54. The minimum atomic E-state index is -0.300. The van der Waals surface area contributed by atoms with E-state index in [4.69, 9.17) is 0 Å². The van der Waals surface area contributed by atoms with Crippen LogP contribution >= 0.6 is 0 Å². The van der Waals surface area contributed by atoms with Crippen molar-refractivity contribution in [1.82, 2.24) is 19.9 Å². The van der Waals surface area contributed by atoms with Crippen molar-refractivity contribution in [3.63, 3.8) is 0 Å². The van der Waals surface area contributed by atoms with Crippen molar-refractivity contribution in [3.8, 4) is 11.3 Å². The van der Waals surface area contributed by atoms with E-state index in [2.05, 4.69) is 15.0 Å². The highest BCUT2D eigenvalue weighted by Gasteiger charge is 2.36. The average molecular weight is 324 g/mol. The fraction of sp³-hybridized carbons (Fsp3) is 0.444. The van der Waals surface area contributed by atoms with Crippen molar-refractivity contribution in [2.24, 2.45) is 5.92 Å². The van der Waals surface area contributed by atoms with Crippen LogP contribution in [0.1, 0.15) is 24.1 Å². The first-order valence-electron chi connectivity index (χ1n) is 8.42. The van der Waals surface area contributed by atoms with E-state index >= 15 is 0 Å². The van der Waals surface area contributed by atoms with E-state index in [0.29, 0.717) is 25.9 Å². The lowest BCUT2D eigenvalue weighted by Gasteiger charge is -2.34. The predicted molar refractivity (Wildman–Crippen MR) is 88.0 cm³/mol. The van der Waals surface area contributed by atoms with Crippen molar-refractivity contribution >= 4 is 5.91 Å².